The maximum atomic E-state index is 12.8. The van der Waals surface area contributed by atoms with Crippen molar-refractivity contribution in [1.82, 2.24) is 4.98 Å². The van der Waals surface area contributed by atoms with E-state index >= 15 is 0 Å². The van der Waals surface area contributed by atoms with Gasteiger partial charge in [0.2, 0.25) is 0 Å². The van der Waals surface area contributed by atoms with Gasteiger partial charge in [-0.15, -0.1) is 11.3 Å². The van der Waals surface area contributed by atoms with Crippen molar-refractivity contribution < 1.29 is 9.53 Å². The van der Waals surface area contributed by atoms with Gasteiger partial charge < -0.3 is 4.74 Å². The van der Waals surface area contributed by atoms with Gasteiger partial charge >= 0.3 is 6.09 Å². The molecule has 1 heterocycles. The molecule has 0 aliphatic carbocycles. The van der Waals surface area contributed by atoms with E-state index < -0.39 is 6.09 Å². The molecule has 130 valence electrons. The average Bonchev–Trinajstić information content (AvgIpc) is 3.01. The number of benzene rings is 2. The van der Waals surface area contributed by atoms with E-state index in [-0.39, 0.29) is 4.75 Å². The van der Waals surface area contributed by atoms with Crippen molar-refractivity contribution in [1.29, 1.82) is 0 Å². The Morgan fingerprint density at radius 2 is 2.00 bits per heavy atom. The summed E-state index contributed by atoms with van der Waals surface area (Å²) < 4.78 is 6.13. The molecule has 3 aromatic rings. The molecule has 0 aliphatic heterocycles. The van der Waals surface area contributed by atoms with Gasteiger partial charge in [0.15, 0.2) is 0 Å². The van der Waals surface area contributed by atoms with Crippen LogP contribution in [-0.4, -0.2) is 22.4 Å². The number of halogens is 1. The van der Waals surface area contributed by atoms with Crippen LogP contribution in [0.3, 0.4) is 0 Å². The molecule has 0 saturated carbocycles. The third-order valence-corrected chi connectivity index (χ3v) is 4.60. The Balaban J connectivity index is 1.90. The Morgan fingerprint density at radius 3 is 2.68 bits per heavy atom. The van der Waals surface area contributed by atoms with Gasteiger partial charge in [0.1, 0.15) is 5.75 Å². The van der Waals surface area contributed by atoms with Gasteiger partial charge in [-0.25, -0.2) is 9.78 Å². The molecule has 0 N–H and O–H groups in total. The summed E-state index contributed by atoms with van der Waals surface area (Å²) in [4.78, 5) is 18.6. The fourth-order valence-electron chi connectivity index (χ4n) is 2.32. The summed E-state index contributed by atoms with van der Waals surface area (Å²) in [5.74, 6) is 0.440. The van der Waals surface area contributed by atoms with Gasteiger partial charge in [0, 0.05) is 22.0 Å². The van der Waals surface area contributed by atoms with Gasteiger partial charge in [-0.3, -0.25) is 4.90 Å². The van der Waals surface area contributed by atoms with E-state index in [1.54, 1.807) is 34.7 Å². The number of anilines is 1. The first-order chi connectivity index (χ1) is 11.8. The maximum Gasteiger partial charge on any atom is 0.419 e. The molecule has 0 aliphatic rings. The molecule has 7 heteroatoms. The van der Waals surface area contributed by atoms with Crippen molar-refractivity contribution in [2.75, 3.05) is 11.4 Å². The summed E-state index contributed by atoms with van der Waals surface area (Å²) in [6.45, 7) is 4.29. The molecule has 0 bridgehead atoms. The van der Waals surface area contributed by atoms with Crippen LogP contribution in [0.4, 0.5) is 10.5 Å². The van der Waals surface area contributed by atoms with E-state index in [9.17, 15) is 4.79 Å². The number of thiazole rings is 1. The van der Waals surface area contributed by atoms with Gasteiger partial charge in [-0.1, -0.05) is 11.6 Å². The number of carbonyl (C=O) groups is 1. The summed E-state index contributed by atoms with van der Waals surface area (Å²) in [7, 11) is 0. The lowest BCUT2D eigenvalue weighted by Crippen LogP contribution is -2.41. The zero-order valence-corrected chi connectivity index (χ0v) is 16.2. The number of amides is 1. The molecular formula is C18H17ClN2O2S2. The topological polar surface area (TPSA) is 42.4 Å². The van der Waals surface area contributed by atoms with Crippen molar-refractivity contribution in [3.8, 4) is 5.75 Å². The molecule has 0 atom stereocenters. The Bertz CT molecular complexity index is 888. The lowest BCUT2D eigenvalue weighted by atomic mass is 10.1. The van der Waals surface area contributed by atoms with Gasteiger partial charge in [0.05, 0.1) is 15.7 Å². The molecule has 25 heavy (non-hydrogen) atoms. The van der Waals surface area contributed by atoms with Crippen LogP contribution in [0, 0.1) is 0 Å². The number of hydrogen-bond donors (Lipinski definition) is 1. The molecule has 4 nitrogen and oxygen atoms in total. The summed E-state index contributed by atoms with van der Waals surface area (Å²) in [5, 5.41) is 0.587. The number of nitrogens with zero attached hydrogens (tertiary/aromatic N) is 2. The molecule has 3 rings (SSSR count). The lowest BCUT2D eigenvalue weighted by Gasteiger charge is -2.28. The molecule has 0 unspecified atom stereocenters. The van der Waals surface area contributed by atoms with Crippen LogP contribution < -0.4 is 9.64 Å². The van der Waals surface area contributed by atoms with E-state index in [0.717, 1.165) is 15.9 Å². The normalized spacial score (nSPS) is 11.5. The van der Waals surface area contributed by atoms with E-state index in [0.29, 0.717) is 17.3 Å². The first-order valence-electron chi connectivity index (χ1n) is 7.62. The maximum absolute atomic E-state index is 12.8. The third kappa shape index (κ3) is 4.66. The average molecular weight is 393 g/mol. The van der Waals surface area contributed by atoms with Crippen LogP contribution in [0.25, 0.3) is 10.2 Å². The number of aromatic nitrogens is 1. The highest BCUT2D eigenvalue weighted by Gasteiger charge is 2.25. The zero-order valence-electron chi connectivity index (χ0n) is 13.8. The zero-order chi connectivity index (χ0) is 18.0. The van der Waals surface area contributed by atoms with Crippen molar-refractivity contribution in [3.05, 3.63) is 53.0 Å². The fraction of sp³-hybridized carbons (Fsp3) is 0.222. The van der Waals surface area contributed by atoms with Gasteiger partial charge in [-0.05, 0) is 56.3 Å². The van der Waals surface area contributed by atoms with Crippen molar-refractivity contribution in [3.63, 3.8) is 0 Å². The van der Waals surface area contributed by atoms with Gasteiger partial charge in [-0.2, -0.15) is 12.6 Å². The van der Waals surface area contributed by atoms with Gasteiger partial charge in [0.25, 0.3) is 0 Å². The van der Waals surface area contributed by atoms with E-state index in [1.807, 2.05) is 32.0 Å². The summed E-state index contributed by atoms with van der Waals surface area (Å²) in [6.07, 6.45) is -0.465. The Labute approximate surface area is 160 Å². The lowest BCUT2D eigenvalue weighted by molar-refractivity contribution is 0.207. The van der Waals surface area contributed by atoms with E-state index in [2.05, 4.69) is 17.6 Å². The van der Waals surface area contributed by atoms with Crippen molar-refractivity contribution in [2.24, 2.45) is 0 Å². The molecular weight excluding hydrogens is 376 g/mol. The third-order valence-electron chi connectivity index (χ3n) is 3.41. The molecule has 0 radical (unpaired) electrons. The molecule has 0 saturated heterocycles. The number of hydrogen-bond acceptors (Lipinski definition) is 5. The van der Waals surface area contributed by atoms with Crippen molar-refractivity contribution >= 4 is 57.6 Å². The number of ether oxygens (including phenoxy) is 1. The molecule has 2 aromatic carbocycles. The second kappa shape index (κ2) is 7.23. The minimum atomic E-state index is -0.465. The van der Waals surface area contributed by atoms with Crippen LogP contribution >= 0.6 is 35.6 Å². The predicted octanol–water partition coefficient (Wildman–Crippen LogP) is 5.66. The summed E-state index contributed by atoms with van der Waals surface area (Å²) >= 11 is 12.0. The minimum Gasteiger partial charge on any atom is -0.410 e. The number of rotatable bonds is 4. The molecule has 0 fully saturated rings. The standard InChI is InChI=1S/C18H17ClN2O2S2/c1-18(2,24)10-21(13-5-8-15-16(9-13)25-11-20-15)17(22)23-14-6-3-12(19)4-7-14/h3-9,11,24H,10H2,1-2H3. The molecule has 0 spiro atoms. The second-order valence-electron chi connectivity index (χ2n) is 6.22. The monoisotopic (exact) mass is 392 g/mol. The molecule has 1 aromatic heterocycles. The Morgan fingerprint density at radius 1 is 1.28 bits per heavy atom. The van der Waals surface area contributed by atoms with Crippen LogP contribution in [0.5, 0.6) is 5.75 Å². The number of thiol groups is 1. The highest BCUT2D eigenvalue weighted by molar-refractivity contribution is 7.81. The van der Waals surface area contributed by atoms with E-state index in [4.69, 9.17) is 16.3 Å². The number of fused-ring (bicyclic) bond motifs is 1. The SMILES string of the molecule is CC(C)(S)CN(C(=O)Oc1ccc(Cl)cc1)c1ccc2ncsc2c1. The summed E-state index contributed by atoms with van der Waals surface area (Å²) in [5.41, 5.74) is 3.44. The van der Waals surface area contributed by atoms with Crippen LogP contribution in [0.2, 0.25) is 5.02 Å². The van der Waals surface area contributed by atoms with Crippen LogP contribution in [-0.2, 0) is 0 Å². The Hall–Kier alpha value is -1.76. The predicted molar refractivity (Wildman–Crippen MR) is 108 cm³/mol. The van der Waals surface area contributed by atoms with Crippen LogP contribution in [0.15, 0.2) is 48.0 Å². The van der Waals surface area contributed by atoms with Crippen molar-refractivity contribution in [2.45, 2.75) is 18.6 Å². The first kappa shape index (κ1) is 18.0. The largest absolute Gasteiger partial charge is 0.419 e. The highest BCUT2D eigenvalue weighted by Crippen LogP contribution is 2.28. The first-order valence-corrected chi connectivity index (χ1v) is 9.33. The second-order valence-corrected chi connectivity index (χ2v) is 8.76. The Kier molecular flexibility index (Phi) is 5.22. The molecule has 1 amide bonds. The smallest absolute Gasteiger partial charge is 0.410 e. The van der Waals surface area contributed by atoms with E-state index in [1.165, 1.54) is 11.3 Å². The summed E-state index contributed by atoms with van der Waals surface area (Å²) in [6, 6.07) is 12.4. The fourth-order valence-corrected chi connectivity index (χ4v) is 3.30. The number of carbonyl (C=O) groups excluding carboxylic acids is 1. The van der Waals surface area contributed by atoms with Crippen LogP contribution in [0.1, 0.15) is 13.8 Å². The minimum absolute atomic E-state index is 0.387. The highest BCUT2D eigenvalue weighted by atomic mass is 35.5. The quantitative estimate of drug-likeness (QED) is 0.582.